The van der Waals surface area contributed by atoms with Gasteiger partial charge in [-0.3, -0.25) is 0 Å². The first-order valence-electron chi connectivity index (χ1n) is 7.89. The van der Waals surface area contributed by atoms with Gasteiger partial charge in [-0.15, -0.1) is 0 Å². The zero-order valence-electron chi connectivity index (χ0n) is 12.0. The molecule has 0 atom stereocenters. The predicted octanol–water partition coefficient (Wildman–Crippen LogP) is 3.78. The van der Waals surface area contributed by atoms with Gasteiger partial charge in [0.05, 0.1) is 11.3 Å². The van der Waals surface area contributed by atoms with Gasteiger partial charge in [0.25, 0.3) is 0 Å². The molecule has 1 heterocycles. The summed E-state index contributed by atoms with van der Waals surface area (Å²) in [7, 11) is 0. The Kier molecular flexibility index (Phi) is 4.24. The molecule has 1 aromatic rings. The predicted molar refractivity (Wildman–Crippen MR) is 80.2 cm³/mol. The summed E-state index contributed by atoms with van der Waals surface area (Å²) in [4.78, 5) is 14.7. The van der Waals surface area contributed by atoms with E-state index in [4.69, 9.17) is 4.74 Å². The van der Waals surface area contributed by atoms with Crippen LogP contribution in [-0.4, -0.2) is 25.2 Å². The first kappa shape index (κ1) is 13.5. The molecule has 0 aromatic heterocycles. The molecule has 3 heteroatoms. The van der Waals surface area contributed by atoms with E-state index < -0.39 is 0 Å². The van der Waals surface area contributed by atoms with Crippen molar-refractivity contribution in [3.05, 3.63) is 29.8 Å². The molecular formula is C17H23NO2. The minimum atomic E-state index is -0.139. The van der Waals surface area contributed by atoms with E-state index in [0.717, 1.165) is 37.2 Å². The maximum Gasteiger partial charge on any atom is 0.340 e. The van der Waals surface area contributed by atoms with Crippen molar-refractivity contribution in [2.45, 2.75) is 51.0 Å². The van der Waals surface area contributed by atoms with Crippen LogP contribution >= 0.6 is 0 Å². The van der Waals surface area contributed by atoms with Gasteiger partial charge in [-0.25, -0.2) is 4.79 Å². The highest BCUT2D eigenvalue weighted by Crippen LogP contribution is 2.27. The van der Waals surface area contributed by atoms with Crippen LogP contribution in [0.4, 0.5) is 5.69 Å². The van der Waals surface area contributed by atoms with Crippen LogP contribution < -0.4 is 4.90 Å². The van der Waals surface area contributed by atoms with E-state index in [1.54, 1.807) is 0 Å². The van der Waals surface area contributed by atoms with Crippen LogP contribution in [0, 0.1) is 0 Å². The summed E-state index contributed by atoms with van der Waals surface area (Å²) >= 11 is 0. The molecule has 2 fully saturated rings. The van der Waals surface area contributed by atoms with Crippen LogP contribution in [0.15, 0.2) is 24.3 Å². The largest absolute Gasteiger partial charge is 0.459 e. The molecule has 2 aliphatic rings. The van der Waals surface area contributed by atoms with Crippen molar-refractivity contribution in [1.29, 1.82) is 0 Å². The van der Waals surface area contributed by atoms with E-state index in [1.807, 2.05) is 24.3 Å². The summed E-state index contributed by atoms with van der Waals surface area (Å²) in [6.07, 6.45) is 8.26. The standard InChI is InChI=1S/C17H23NO2/c19-17(20-14-8-2-1-3-9-14)15-10-4-5-11-16(15)18-12-6-7-13-18/h4-5,10-11,14H,1-3,6-9,12-13H2. The molecule has 0 bridgehead atoms. The van der Waals surface area contributed by atoms with Gasteiger partial charge in [0.15, 0.2) is 0 Å². The molecule has 1 aromatic carbocycles. The Morgan fingerprint density at radius 1 is 1.00 bits per heavy atom. The third-order valence-electron chi connectivity index (χ3n) is 4.40. The van der Waals surface area contributed by atoms with E-state index >= 15 is 0 Å². The Balaban J connectivity index is 1.73. The van der Waals surface area contributed by atoms with Gasteiger partial charge in [0.1, 0.15) is 6.10 Å². The fourth-order valence-corrected chi connectivity index (χ4v) is 3.28. The van der Waals surface area contributed by atoms with Gasteiger partial charge >= 0.3 is 5.97 Å². The smallest absolute Gasteiger partial charge is 0.340 e. The third-order valence-corrected chi connectivity index (χ3v) is 4.40. The zero-order chi connectivity index (χ0) is 13.8. The molecule has 1 saturated carbocycles. The van der Waals surface area contributed by atoms with Crippen molar-refractivity contribution in [2.24, 2.45) is 0 Å². The van der Waals surface area contributed by atoms with Crippen LogP contribution in [0.1, 0.15) is 55.3 Å². The number of esters is 1. The Hall–Kier alpha value is -1.51. The van der Waals surface area contributed by atoms with Crippen LogP contribution in [0.2, 0.25) is 0 Å². The first-order chi connectivity index (χ1) is 9.84. The molecule has 0 radical (unpaired) electrons. The Bertz CT molecular complexity index is 460. The maximum atomic E-state index is 12.4. The lowest BCUT2D eigenvalue weighted by molar-refractivity contribution is 0.0212. The average Bonchev–Trinajstić information content (AvgIpc) is 3.02. The number of para-hydroxylation sites is 1. The van der Waals surface area contributed by atoms with Gasteiger partial charge in [-0.2, -0.15) is 0 Å². The Morgan fingerprint density at radius 3 is 2.45 bits per heavy atom. The number of anilines is 1. The van der Waals surface area contributed by atoms with Crippen molar-refractivity contribution < 1.29 is 9.53 Å². The molecule has 1 aliphatic carbocycles. The topological polar surface area (TPSA) is 29.5 Å². The summed E-state index contributed by atoms with van der Waals surface area (Å²) in [5.74, 6) is -0.139. The fraction of sp³-hybridized carbons (Fsp3) is 0.588. The summed E-state index contributed by atoms with van der Waals surface area (Å²) in [5, 5.41) is 0. The molecule has 3 rings (SSSR count). The molecule has 108 valence electrons. The lowest BCUT2D eigenvalue weighted by atomic mass is 9.98. The van der Waals surface area contributed by atoms with E-state index in [0.29, 0.717) is 0 Å². The SMILES string of the molecule is O=C(OC1CCCCC1)c1ccccc1N1CCCC1. The number of rotatable bonds is 3. The van der Waals surface area contributed by atoms with Gasteiger partial charge in [-0.1, -0.05) is 18.6 Å². The second-order valence-electron chi connectivity index (χ2n) is 5.88. The number of hydrogen-bond donors (Lipinski definition) is 0. The monoisotopic (exact) mass is 273 g/mol. The van der Waals surface area contributed by atoms with Crippen molar-refractivity contribution in [1.82, 2.24) is 0 Å². The zero-order valence-corrected chi connectivity index (χ0v) is 12.0. The summed E-state index contributed by atoms with van der Waals surface area (Å²) < 4.78 is 5.71. The number of hydrogen-bond acceptors (Lipinski definition) is 3. The highest BCUT2D eigenvalue weighted by molar-refractivity contribution is 5.96. The van der Waals surface area contributed by atoms with E-state index in [1.165, 1.54) is 32.1 Å². The number of carbonyl (C=O) groups excluding carboxylic acids is 1. The maximum absolute atomic E-state index is 12.4. The lowest BCUT2D eigenvalue weighted by Gasteiger charge is -2.24. The first-order valence-corrected chi connectivity index (χ1v) is 7.89. The Morgan fingerprint density at radius 2 is 1.70 bits per heavy atom. The fourth-order valence-electron chi connectivity index (χ4n) is 3.28. The second-order valence-corrected chi connectivity index (χ2v) is 5.88. The van der Waals surface area contributed by atoms with E-state index in [-0.39, 0.29) is 12.1 Å². The number of ether oxygens (including phenoxy) is 1. The summed E-state index contributed by atoms with van der Waals surface area (Å²) in [6, 6.07) is 7.88. The number of benzene rings is 1. The summed E-state index contributed by atoms with van der Waals surface area (Å²) in [6.45, 7) is 2.10. The van der Waals surface area contributed by atoms with Crippen molar-refractivity contribution >= 4 is 11.7 Å². The highest BCUT2D eigenvalue weighted by atomic mass is 16.5. The van der Waals surface area contributed by atoms with Gasteiger partial charge < -0.3 is 9.64 Å². The molecule has 0 N–H and O–H groups in total. The lowest BCUT2D eigenvalue weighted by Crippen LogP contribution is -2.24. The molecule has 20 heavy (non-hydrogen) atoms. The van der Waals surface area contributed by atoms with Crippen LogP contribution in [0.5, 0.6) is 0 Å². The molecule has 0 spiro atoms. The van der Waals surface area contributed by atoms with Gasteiger partial charge in [-0.05, 0) is 50.7 Å². The minimum absolute atomic E-state index is 0.128. The number of carbonyl (C=O) groups is 1. The summed E-state index contributed by atoms with van der Waals surface area (Å²) in [5.41, 5.74) is 1.78. The molecule has 1 saturated heterocycles. The van der Waals surface area contributed by atoms with Gasteiger partial charge in [0.2, 0.25) is 0 Å². The normalized spacial score (nSPS) is 20.1. The van der Waals surface area contributed by atoms with E-state index in [2.05, 4.69) is 4.90 Å². The second kappa shape index (κ2) is 6.29. The van der Waals surface area contributed by atoms with Crippen LogP contribution in [0.3, 0.4) is 0 Å². The quantitative estimate of drug-likeness (QED) is 0.785. The number of nitrogens with zero attached hydrogens (tertiary/aromatic N) is 1. The molecule has 0 unspecified atom stereocenters. The molecule has 1 aliphatic heterocycles. The minimum Gasteiger partial charge on any atom is -0.459 e. The van der Waals surface area contributed by atoms with Gasteiger partial charge in [0, 0.05) is 13.1 Å². The molecule has 0 amide bonds. The van der Waals surface area contributed by atoms with Crippen LogP contribution in [-0.2, 0) is 4.74 Å². The van der Waals surface area contributed by atoms with Crippen molar-refractivity contribution in [3.63, 3.8) is 0 Å². The average molecular weight is 273 g/mol. The van der Waals surface area contributed by atoms with Crippen molar-refractivity contribution in [2.75, 3.05) is 18.0 Å². The van der Waals surface area contributed by atoms with E-state index in [9.17, 15) is 4.79 Å². The third kappa shape index (κ3) is 2.97. The van der Waals surface area contributed by atoms with Crippen molar-refractivity contribution in [3.8, 4) is 0 Å². The highest BCUT2D eigenvalue weighted by Gasteiger charge is 2.23. The molecule has 3 nitrogen and oxygen atoms in total. The van der Waals surface area contributed by atoms with Crippen LogP contribution in [0.25, 0.3) is 0 Å². The molecular weight excluding hydrogens is 250 g/mol. The Labute approximate surface area is 120 Å².